The Hall–Kier alpha value is -2.78. The third-order valence-corrected chi connectivity index (χ3v) is 5.30. The van der Waals surface area contributed by atoms with E-state index in [1.54, 1.807) is 42.6 Å². The number of anilines is 1. The van der Waals surface area contributed by atoms with E-state index in [9.17, 15) is 9.59 Å². The summed E-state index contributed by atoms with van der Waals surface area (Å²) in [6.07, 6.45) is 3.43. The van der Waals surface area contributed by atoms with E-state index >= 15 is 0 Å². The molecule has 1 aliphatic heterocycles. The highest BCUT2D eigenvalue weighted by molar-refractivity contribution is 8.00. The lowest BCUT2D eigenvalue weighted by atomic mass is 10.2. The Morgan fingerprint density at radius 3 is 2.77 bits per heavy atom. The summed E-state index contributed by atoms with van der Waals surface area (Å²) in [6, 6.07) is 8.96. The Morgan fingerprint density at radius 2 is 2.03 bits per heavy atom. The van der Waals surface area contributed by atoms with Gasteiger partial charge in [0.05, 0.1) is 31.8 Å². The van der Waals surface area contributed by atoms with Crippen molar-refractivity contribution in [1.29, 1.82) is 0 Å². The zero-order valence-corrected chi connectivity index (χ0v) is 17.7. The third-order valence-electron chi connectivity index (χ3n) is 4.39. The van der Waals surface area contributed by atoms with E-state index in [0.29, 0.717) is 50.1 Å². The molecule has 30 heavy (non-hydrogen) atoms. The molecule has 1 aromatic carbocycles. The average Bonchev–Trinajstić information content (AvgIpc) is 2.79. The SMILES string of the molecule is COc1ccc(NC(=O)CSCC(=O)N2CCOCC2)cc1OCc1cccnc1. The molecule has 2 aromatic rings. The molecule has 3 rings (SSSR count). The van der Waals surface area contributed by atoms with Gasteiger partial charge in [-0.15, -0.1) is 11.8 Å². The maximum absolute atomic E-state index is 12.3. The van der Waals surface area contributed by atoms with Gasteiger partial charge in [-0.05, 0) is 18.2 Å². The Bertz CT molecular complexity index is 844. The molecular formula is C21H25N3O5S. The summed E-state index contributed by atoms with van der Waals surface area (Å²) in [5, 5.41) is 2.83. The number of rotatable bonds is 9. The molecular weight excluding hydrogens is 406 g/mol. The van der Waals surface area contributed by atoms with Crippen LogP contribution in [0.5, 0.6) is 11.5 Å². The Labute approximate surface area is 179 Å². The normalized spacial score (nSPS) is 13.6. The fourth-order valence-electron chi connectivity index (χ4n) is 2.84. The van der Waals surface area contributed by atoms with E-state index in [4.69, 9.17) is 14.2 Å². The van der Waals surface area contributed by atoms with Gasteiger partial charge < -0.3 is 24.4 Å². The van der Waals surface area contributed by atoms with Crippen LogP contribution in [0.15, 0.2) is 42.7 Å². The van der Waals surface area contributed by atoms with E-state index in [0.717, 1.165) is 5.56 Å². The number of nitrogens with zero attached hydrogens (tertiary/aromatic N) is 2. The fraction of sp³-hybridized carbons (Fsp3) is 0.381. The number of amides is 2. The fourth-order valence-corrected chi connectivity index (χ4v) is 3.56. The van der Waals surface area contributed by atoms with Gasteiger partial charge >= 0.3 is 0 Å². The summed E-state index contributed by atoms with van der Waals surface area (Å²) in [5.41, 5.74) is 1.53. The Balaban J connectivity index is 1.48. The number of methoxy groups -OCH3 is 1. The molecule has 1 fully saturated rings. The van der Waals surface area contributed by atoms with Crippen LogP contribution < -0.4 is 14.8 Å². The van der Waals surface area contributed by atoms with Crippen molar-refractivity contribution in [3.8, 4) is 11.5 Å². The number of aromatic nitrogens is 1. The van der Waals surface area contributed by atoms with Gasteiger partial charge in [0.15, 0.2) is 11.5 Å². The zero-order chi connectivity index (χ0) is 21.2. The molecule has 8 nitrogen and oxygen atoms in total. The number of morpholine rings is 1. The number of thioether (sulfide) groups is 1. The monoisotopic (exact) mass is 431 g/mol. The van der Waals surface area contributed by atoms with Crippen LogP contribution in [0.4, 0.5) is 5.69 Å². The summed E-state index contributed by atoms with van der Waals surface area (Å²) < 4.78 is 16.4. The second-order valence-electron chi connectivity index (χ2n) is 6.55. The van der Waals surface area contributed by atoms with Crippen LogP contribution in [-0.2, 0) is 20.9 Å². The number of hydrogen-bond donors (Lipinski definition) is 1. The number of pyridine rings is 1. The Kier molecular flexibility index (Phi) is 8.34. The maximum atomic E-state index is 12.3. The van der Waals surface area contributed by atoms with E-state index < -0.39 is 0 Å². The molecule has 0 bridgehead atoms. The van der Waals surface area contributed by atoms with Gasteiger partial charge in [-0.2, -0.15) is 0 Å². The standard InChI is InChI=1S/C21H25N3O5S/c1-27-18-5-4-17(11-19(18)29-13-16-3-2-6-22-12-16)23-20(25)14-30-15-21(26)24-7-9-28-10-8-24/h2-6,11-12H,7-10,13-15H2,1H3,(H,23,25). The lowest BCUT2D eigenvalue weighted by molar-refractivity contribution is -0.132. The second kappa shape index (κ2) is 11.4. The molecule has 0 atom stereocenters. The first-order chi connectivity index (χ1) is 14.7. The number of benzene rings is 1. The van der Waals surface area contributed by atoms with Crippen LogP contribution in [0.25, 0.3) is 0 Å². The van der Waals surface area contributed by atoms with Crippen LogP contribution in [0.3, 0.4) is 0 Å². The number of ether oxygens (including phenoxy) is 3. The van der Waals surface area contributed by atoms with E-state index in [1.165, 1.54) is 11.8 Å². The highest BCUT2D eigenvalue weighted by Crippen LogP contribution is 2.31. The second-order valence-corrected chi connectivity index (χ2v) is 7.54. The quantitative estimate of drug-likeness (QED) is 0.651. The largest absolute Gasteiger partial charge is 0.493 e. The maximum Gasteiger partial charge on any atom is 0.234 e. The van der Waals surface area contributed by atoms with E-state index in [2.05, 4.69) is 10.3 Å². The number of hydrogen-bond acceptors (Lipinski definition) is 7. The Morgan fingerprint density at radius 1 is 1.20 bits per heavy atom. The van der Waals surface area contributed by atoms with Gasteiger partial charge in [0.2, 0.25) is 11.8 Å². The number of carbonyl (C=O) groups is 2. The third kappa shape index (κ3) is 6.64. The molecule has 0 aliphatic carbocycles. The number of carbonyl (C=O) groups excluding carboxylic acids is 2. The summed E-state index contributed by atoms with van der Waals surface area (Å²) >= 11 is 1.29. The van der Waals surface area contributed by atoms with Crippen molar-refractivity contribution in [2.24, 2.45) is 0 Å². The minimum atomic E-state index is -0.182. The summed E-state index contributed by atoms with van der Waals surface area (Å²) in [4.78, 5) is 30.2. The van der Waals surface area contributed by atoms with Crippen LogP contribution >= 0.6 is 11.8 Å². The summed E-state index contributed by atoms with van der Waals surface area (Å²) in [5.74, 6) is 1.41. The molecule has 1 saturated heterocycles. The molecule has 160 valence electrons. The molecule has 9 heteroatoms. The minimum Gasteiger partial charge on any atom is -0.493 e. The molecule has 1 N–H and O–H groups in total. The lowest BCUT2D eigenvalue weighted by Gasteiger charge is -2.26. The smallest absolute Gasteiger partial charge is 0.234 e. The lowest BCUT2D eigenvalue weighted by Crippen LogP contribution is -2.41. The first-order valence-corrected chi connectivity index (χ1v) is 10.7. The van der Waals surface area contributed by atoms with Gasteiger partial charge in [0.1, 0.15) is 6.61 Å². The zero-order valence-electron chi connectivity index (χ0n) is 16.8. The minimum absolute atomic E-state index is 0.0339. The van der Waals surface area contributed by atoms with Gasteiger partial charge in [-0.1, -0.05) is 6.07 Å². The molecule has 1 aliphatic rings. The molecule has 2 heterocycles. The van der Waals surface area contributed by atoms with Gasteiger partial charge in [0, 0.05) is 42.8 Å². The van der Waals surface area contributed by atoms with Crippen LogP contribution in [-0.4, -0.2) is 66.6 Å². The van der Waals surface area contributed by atoms with Crippen molar-refractivity contribution in [3.05, 3.63) is 48.3 Å². The molecule has 0 saturated carbocycles. The molecule has 2 amide bonds. The highest BCUT2D eigenvalue weighted by atomic mass is 32.2. The molecule has 0 unspecified atom stereocenters. The van der Waals surface area contributed by atoms with Crippen molar-refractivity contribution in [3.63, 3.8) is 0 Å². The van der Waals surface area contributed by atoms with Crippen LogP contribution in [0, 0.1) is 0 Å². The van der Waals surface area contributed by atoms with Gasteiger partial charge in [0.25, 0.3) is 0 Å². The number of nitrogens with one attached hydrogen (secondary N) is 1. The summed E-state index contributed by atoms with van der Waals surface area (Å²) in [7, 11) is 1.56. The van der Waals surface area contributed by atoms with E-state index in [1.807, 2.05) is 12.1 Å². The van der Waals surface area contributed by atoms with Crippen LogP contribution in [0.1, 0.15) is 5.56 Å². The van der Waals surface area contributed by atoms with Crippen molar-refractivity contribution in [2.75, 3.05) is 50.2 Å². The van der Waals surface area contributed by atoms with Crippen molar-refractivity contribution < 1.29 is 23.8 Å². The summed E-state index contributed by atoms with van der Waals surface area (Å²) in [6.45, 7) is 2.69. The molecule has 1 aromatic heterocycles. The van der Waals surface area contributed by atoms with E-state index in [-0.39, 0.29) is 23.3 Å². The first-order valence-electron chi connectivity index (χ1n) is 9.58. The van der Waals surface area contributed by atoms with Crippen molar-refractivity contribution >= 4 is 29.3 Å². The van der Waals surface area contributed by atoms with Crippen molar-refractivity contribution in [2.45, 2.75) is 6.61 Å². The predicted molar refractivity (Wildman–Crippen MR) is 115 cm³/mol. The molecule has 0 spiro atoms. The predicted octanol–water partition coefficient (Wildman–Crippen LogP) is 2.20. The average molecular weight is 432 g/mol. The van der Waals surface area contributed by atoms with Crippen molar-refractivity contribution in [1.82, 2.24) is 9.88 Å². The van der Waals surface area contributed by atoms with Gasteiger partial charge in [-0.25, -0.2) is 0 Å². The first kappa shape index (κ1) is 21.9. The molecule has 0 radical (unpaired) electrons. The van der Waals surface area contributed by atoms with Gasteiger partial charge in [-0.3, -0.25) is 14.6 Å². The highest BCUT2D eigenvalue weighted by Gasteiger charge is 2.17. The van der Waals surface area contributed by atoms with Crippen LogP contribution in [0.2, 0.25) is 0 Å². The topological polar surface area (TPSA) is 90.0 Å².